The number of benzene rings is 1. The molecule has 2 aliphatic heterocycles. The van der Waals surface area contributed by atoms with Gasteiger partial charge in [0.2, 0.25) is 5.60 Å². The molecule has 36 heavy (non-hydrogen) atoms. The lowest BCUT2D eigenvalue weighted by Gasteiger charge is -2.36. The minimum Gasteiger partial charge on any atom is -0.508 e. The first-order valence-electron chi connectivity index (χ1n) is 12.0. The van der Waals surface area contributed by atoms with E-state index in [0.717, 1.165) is 16.5 Å². The van der Waals surface area contributed by atoms with Crippen molar-refractivity contribution >= 4 is 22.8 Å². The Bertz CT molecular complexity index is 1490. The smallest absolute Gasteiger partial charge is 0.355 e. The zero-order chi connectivity index (χ0) is 25.9. The zero-order valence-electron chi connectivity index (χ0n) is 21.0. The van der Waals surface area contributed by atoms with Crippen LogP contribution in [0.3, 0.4) is 0 Å². The van der Waals surface area contributed by atoms with Crippen LogP contribution in [-0.2, 0) is 44.4 Å². The molecule has 188 valence electrons. The highest BCUT2D eigenvalue weighted by Crippen LogP contribution is 2.41. The van der Waals surface area contributed by atoms with E-state index in [1.54, 1.807) is 43.5 Å². The summed E-state index contributed by atoms with van der Waals surface area (Å²) in [5.41, 5.74) is 2.16. The van der Waals surface area contributed by atoms with Gasteiger partial charge < -0.3 is 24.0 Å². The van der Waals surface area contributed by atoms with E-state index in [2.05, 4.69) is 0 Å². The topological polar surface area (TPSA) is 111 Å². The van der Waals surface area contributed by atoms with Crippen molar-refractivity contribution in [3.05, 3.63) is 56.9 Å². The summed E-state index contributed by atoms with van der Waals surface area (Å²) in [5, 5.41) is 11.3. The second-order valence-corrected chi connectivity index (χ2v) is 10.0. The van der Waals surface area contributed by atoms with Crippen LogP contribution >= 0.6 is 0 Å². The standard InChI is InChI=1S/C27H29N3O6/c1-6-27(36-25(33)14(2)3)19-10-21-23-15(11-30(21)24(32)18(19)13-35-26(27)34)9-16-17(12-29(4)5)22(31)8-7-20(16)28-23/h7-10,14,31H,6,11-13H2,1-5H3/t27-/m0/s1. The van der Waals surface area contributed by atoms with Crippen LogP contribution in [0.2, 0.25) is 0 Å². The largest absolute Gasteiger partial charge is 0.508 e. The monoisotopic (exact) mass is 491 g/mol. The fourth-order valence-electron chi connectivity index (χ4n) is 5.03. The number of aromatic hydroxyl groups is 1. The van der Waals surface area contributed by atoms with Gasteiger partial charge in [-0.05, 0) is 44.8 Å². The number of phenolic OH excluding ortho intramolecular Hbond substituents is 1. The molecule has 2 aliphatic rings. The molecule has 1 aromatic carbocycles. The number of hydrogen-bond acceptors (Lipinski definition) is 8. The number of cyclic esters (lactones) is 1. The highest BCUT2D eigenvalue weighted by Gasteiger charge is 2.50. The van der Waals surface area contributed by atoms with Crippen molar-refractivity contribution in [3.8, 4) is 17.1 Å². The first-order valence-corrected chi connectivity index (χ1v) is 12.0. The molecule has 0 spiro atoms. The second kappa shape index (κ2) is 8.44. The number of pyridine rings is 2. The fourth-order valence-corrected chi connectivity index (χ4v) is 5.03. The highest BCUT2D eigenvalue weighted by atomic mass is 16.6. The Balaban J connectivity index is 1.72. The van der Waals surface area contributed by atoms with E-state index in [1.807, 2.05) is 25.1 Å². The van der Waals surface area contributed by atoms with Gasteiger partial charge in [-0.2, -0.15) is 0 Å². The highest BCUT2D eigenvalue weighted by molar-refractivity contribution is 5.90. The average Bonchev–Trinajstić information content (AvgIpc) is 3.19. The number of phenols is 1. The summed E-state index contributed by atoms with van der Waals surface area (Å²) in [6.07, 6.45) is 0.130. The summed E-state index contributed by atoms with van der Waals surface area (Å²) in [6.45, 7) is 5.76. The number of nitrogens with zero attached hydrogens (tertiary/aromatic N) is 3. The molecule has 0 saturated carbocycles. The molecule has 9 heteroatoms. The number of aromatic nitrogens is 2. The van der Waals surface area contributed by atoms with E-state index in [9.17, 15) is 19.5 Å². The molecule has 5 rings (SSSR count). The minimum absolute atomic E-state index is 0.130. The lowest BCUT2D eigenvalue weighted by molar-refractivity contribution is -0.191. The van der Waals surface area contributed by atoms with Gasteiger partial charge in [0, 0.05) is 28.6 Å². The number of fused-ring (bicyclic) bond motifs is 5. The van der Waals surface area contributed by atoms with E-state index in [1.165, 1.54) is 0 Å². The summed E-state index contributed by atoms with van der Waals surface area (Å²) >= 11 is 0. The first kappa shape index (κ1) is 24.0. The molecule has 9 nitrogen and oxygen atoms in total. The first-order chi connectivity index (χ1) is 17.1. The van der Waals surface area contributed by atoms with Crippen molar-refractivity contribution in [1.82, 2.24) is 14.5 Å². The van der Waals surface area contributed by atoms with Crippen LogP contribution in [0, 0.1) is 5.92 Å². The van der Waals surface area contributed by atoms with Crippen LogP contribution in [0.5, 0.6) is 5.75 Å². The summed E-state index contributed by atoms with van der Waals surface area (Å²) in [6, 6.07) is 7.09. The summed E-state index contributed by atoms with van der Waals surface area (Å²) < 4.78 is 12.7. The maximum Gasteiger partial charge on any atom is 0.355 e. The Morgan fingerprint density at radius 2 is 2.03 bits per heavy atom. The molecule has 4 heterocycles. The van der Waals surface area contributed by atoms with Crippen LogP contribution in [0.4, 0.5) is 0 Å². The van der Waals surface area contributed by atoms with Crippen molar-refractivity contribution in [2.75, 3.05) is 14.1 Å². The normalized spacial score (nSPS) is 18.2. The van der Waals surface area contributed by atoms with Gasteiger partial charge in [-0.15, -0.1) is 0 Å². The molecule has 0 saturated heterocycles. The Hall–Kier alpha value is -3.72. The number of esters is 2. The molecule has 3 aromatic rings. The van der Waals surface area contributed by atoms with E-state index in [-0.39, 0.29) is 24.3 Å². The Labute approximate surface area is 208 Å². The third-order valence-electron chi connectivity index (χ3n) is 6.97. The molecule has 2 aromatic heterocycles. The van der Waals surface area contributed by atoms with Gasteiger partial charge in [0.05, 0.1) is 34.9 Å². The maximum absolute atomic E-state index is 13.6. The Kier molecular flexibility index (Phi) is 5.63. The van der Waals surface area contributed by atoms with Crippen molar-refractivity contribution in [3.63, 3.8) is 0 Å². The van der Waals surface area contributed by atoms with Gasteiger partial charge in [-0.1, -0.05) is 20.8 Å². The molecule has 0 fully saturated rings. The van der Waals surface area contributed by atoms with Crippen molar-refractivity contribution in [2.45, 2.75) is 52.5 Å². The Morgan fingerprint density at radius 3 is 2.69 bits per heavy atom. The Morgan fingerprint density at radius 1 is 1.28 bits per heavy atom. The van der Waals surface area contributed by atoms with Crippen LogP contribution in [0.15, 0.2) is 29.1 Å². The molecule has 1 atom stereocenters. The van der Waals surface area contributed by atoms with Crippen molar-refractivity contribution in [2.24, 2.45) is 5.92 Å². The van der Waals surface area contributed by atoms with E-state index < -0.39 is 23.5 Å². The molecule has 0 unspecified atom stereocenters. The van der Waals surface area contributed by atoms with Gasteiger partial charge >= 0.3 is 11.9 Å². The second-order valence-electron chi connectivity index (χ2n) is 10.0. The van der Waals surface area contributed by atoms with Gasteiger partial charge in [0.1, 0.15) is 12.4 Å². The van der Waals surface area contributed by atoms with Crippen LogP contribution in [0.25, 0.3) is 22.3 Å². The lowest BCUT2D eigenvalue weighted by Crippen LogP contribution is -2.48. The average molecular weight is 492 g/mol. The van der Waals surface area contributed by atoms with Gasteiger partial charge in [-0.3, -0.25) is 9.59 Å². The van der Waals surface area contributed by atoms with Gasteiger partial charge in [0.25, 0.3) is 5.56 Å². The minimum atomic E-state index is -1.69. The lowest BCUT2D eigenvalue weighted by atomic mass is 9.85. The molecular weight excluding hydrogens is 462 g/mol. The fraction of sp³-hybridized carbons (Fsp3) is 0.407. The van der Waals surface area contributed by atoms with Crippen LogP contribution < -0.4 is 5.56 Å². The molecule has 0 aliphatic carbocycles. The molecule has 0 bridgehead atoms. The number of rotatable bonds is 5. The zero-order valence-corrected chi connectivity index (χ0v) is 21.0. The van der Waals surface area contributed by atoms with Crippen LogP contribution in [0.1, 0.15) is 49.4 Å². The number of carbonyl (C=O) groups is 2. The van der Waals surface area contributed by atoms with Gasteiger partial charge in [0.15, 0.2) is 0 Å². The quantitative estimate of drug-likeness (QED) is 0.424. The molecular formula is C27H29N3O6. The predicted molar refractivity (Wildman–Crippen MR) is 132 cm³/mol. The molecule has 0 amide bonds. The molecule has 1 N–H and O–H groups in total. The van der Waals surface area contributed by atoms with Crippen LogP contribution in [-0.4, -0.2) is 45.6 Å². The van der Waals surface area contributed by atoms with Gasteiger partial charge in [-0.25, -0.2) is 9.78 Å². The summed E-state index contributed by atoms with van der Waals surface area (Å²) in [4.78, 5) is 46.0. The maximum atomic E-state index is 13.6. The summed E-state index contributed by atoms with van der Waals surface area (Å²) in [7, 11) is 3.85. The van der Waals surface area contributed by atoms with Crippen molar-refractivity contribution < 1.29 is 24.2 Å². The number of carbonyl (C=O) groups excluding carboxylic acids is 2. The predicted octanol–water partition coefficient (Wildman–Crippen LogP) is 3.05. The third kappa shape index (κ3) is 3.49. The number of ether oxygens (including phenoxy) is 2. The SMILES string of the molecule is CC[C@@]1(OC(=O)C(C)C)C(=O)OCc2c1cc1n(c2=O)Cc2cc3c(CN(C)C)c(O)ccc3nc2-1. The van der Waals surface area contributed by atoms with E-state index in [4.69, 9.17) is 14.5 Å². The van der Waals surface area contributed by atoms with Crippen molar-refractivity contribution in [1.29, 1.82) is 0 Å². The number of hydrogen-bond donors (Lipinski definition) is 1. The third-order valence-corrected chi connectivity index (χ3v) is 6.97. The summed E-state index contributed by atoms with van der Waals surface area (Å²) in [5.74, 6) is -1.48. The molecule has 0 radical (unpaired) electrons. The van der Waals surface area contributed by atoms with E-state index in [0.29, 0.717) is 41.1 Å². The van der Waals surface area contributed by atoms with E-state index >= 15 is 0 Å².